The van der Waals surface area contributed by atoms with E-state index in [4.69, 9.17) is 9.84 Å². The molecule has 0 amide bonds. The van der Waals surface area contributed by atoms with Crippen molar-refractivity contribution in [3.63, 3.8) is 0 Å². The summed E-state index contributed by atoms with van der Waals surface area (Å²) in [5.74, 6) is -0.788. The predicted octanol–water partition coefficient (Wildman–Crippen LogP) is 13.2. The summed E-state index contributed by atoms with van der Waals surface area (Å²) in [6, 6.07) is 0. The Morgan fingerprint density at radius 3 is 1.39 bits per heavy atom. The number of carbonyl (C=O) groups is 2. The van der Waals surface area contributed by atoms with E-state index in [1.165, 1.54) is 135 Å². The van der Waals surface area contributed by atoms with Gasteiger partial charge in [0.2, 0.25) is 0 Å². The molecule has 1 atom stereocenters. The van der Waals surface area contributed by atoms with Gasteiger partial charge < -0.3 is 9.84 Å². The summed E-state index contributed by atoms with van der Waals surface area (Å²) in [4.78, 5) is 23.2. The van der Waals surface area contributed by atoms with Crippen molar-refractivity contribution in [1.82, 2.24) is 0 Å². The minimum Gasteiger partial charge on any atom is -0.481 e. The normalized spacial score (nSPS) is 12.4. The minimum atomic E-state index is -0.721. The largest absolute Gasteiger partial charge is 0.481 e. The van der Waals surface area contributed by atoms with Crippen LogP contribution in [0.2, 0.25) is 0 Å². The predicted molar refractivity (Wildman–Crippen MR) is 190 cm³/mol. The van der Waals surface area contributed by atoms with Crippen LogP contribution in [0.4, 0.5) is 0 Å². The lowest BCUT2D eigenvalue weighted by atomic mass is 10.0. The van der Waals surface area contributed by atoms with Crippen LogP contribution in [0.5, 0.6) is 0 Å². The summed E-state index contributed by atoms with van der Waals surface area (Å²) in [5.41, 5.74) is 0. The second kappa shape index (κ2) is 35.9. The molecule has 4 nitrogen and oxygen atoms in total. The number of carboxylic acids is 1. The van der Waals surface area contributed by atoms with Gasteiger partial charge >= 0.3 is 11.9 Å². The Balaban J connectivity index is 3.77. The fourth-order valence-electron chi connectivity index (χ4n) is 5.74. The quantitative estimate of drug-likeness (QED) is 0.0436. The number of aliphatic carboxylic acids is 1. The number of carboxylic acid groups (broad SMARTS) is 1. The van der Waals surface area contributed by atoms with Gasteiger partial charge in [-0.25, -0.2) is 0 Å². The van der Waals surface area contributed by atoms with E-state index in [0.29, 0.717) is 6.42 Å². The molecule has 44 heavy (non-hydrogen) atoms. The molecule has 0 aliphatic carbocycles. The van der Waals surface area contributed by atoms with Crippen LogP contribution in [0.15, 0.2) is 24.3 Å². The maximum absolute atomic E-state index is 12.5. The highest BCUT2D eigenvalue weighted by Gasteiger charge is 2.11. The van der Waals surface area contributed by atoms with Crippen LogP contribution in [0.3, 0.4) is 0 Å². The lowest BCUT2D eigenvalue weighted by Crippen LogP contribution is -2.16. The first kappa shape index (κ1) is 42.4. The van der Waals surface area contributed by atoms with E-state index in [1.54, 1.807) is 0 Å². The first-order valence-corrected chi connectivity index (χ1v) is 19.3. The molecule has 0 aromatic rings. The third-order valence-electron chi connectivity index (χ3n) is 8.63. The Morgan fingerprint density at radius 1 is 0.500 bits per heavy atom. The van der Waals surface area contributed by atoms with Crippen LogP contribution in [0, 0.1) is 0 Å². The second-order valence-electron chi connectivity index (χ2n) is 13.1. The first-order valence-electron chi connectivity index (χ1n) is 19.3. The number of ether oxygens (including phenoxy) is 1. The molecule has 0 fully saturated rings. The molecule has 1 unspecified atom stereocenters. The van der Waals surface area contributed by atoms with Crippen molar-refractivity contribution in [2.45, 2.75) is 219 Å². The number of esters is 1. The van der Waals surface area contributed by atoms with Crippen LogP contribution >= 0.6 is 0 Å². The fraction of sp³-hybridized carbons (Fsp3) is 0.850. The van der Waals surface area contributed by atoms with Gasteiger partial charge in [-0.1, -0.05) is 154 Å². The Hall–Kier alpha value is -1.58. The Morgan fingerprint density at radius 2 is 0.886 bits per heavy atom. The summed E-state index contributed by atoms with van der Waals surface area (Å²) < 4.78 is 5.84. The zero-order chi connectivity index (χ0) is 32.2. The SMILES string of the molecule is CCCCCC/C=C\C(CCCCCCC(=O)O)OC(=O)CCCCCCCCCCC/C=C\CCCCCCCCCC. The number of unbranched alkanes of at least 4 members (excludes halogenated alkanes) is 24. The molecule has 0 spiro atoms. The number of hydrogen-bond acceptors (Lipinski definition) is 3. The van der Waals surface area contributed by atoms with Crippen LogP contribution < -0.4 is 0 Å². The highest BCUT2D eigenvalue weighted by atomic mass is 16.5. The van der Waals surface area contributed by atoms with Crippen molar-refractivity contribution in [2.75, 3.05) is 0 Å². The summed E-state index contributed by atoms with van der Waals surface area (Å²) in [5, 5.41) is 8.80. The molecule has 0 heterocycles. The smallest absolute Gasteiger partial charge is 0.306 e. The average Bonchev–Trinajstić information content (AvgIpc) is 3.01. The van der Waals surface area contributed by atoms with Gasteiger partial charge in [0.25, 0.3) is 0 Å². The van der Waals surface area contributed by atoms with E-state index in [9.17, 15) is 9.59 Å². The topological polar surface area (TPSA) is 63.6 Å². The number of carbonyl (C=O) groups excluding carboxylic acids is 1. The summed E-state index contributed by atoms with van der Waals surface area (Å²) in [6.07, 6.45) is 45.1. The van der Waals surface area contributed by atoms with Gasteiger partial charge in [-0.2, -0.15) is 0 Å². The molecular weight excluding hydrogens is 544 g/mol. The average molecular weight is 619 g/mol. The molecule has 0 radical (unpaired) electrons. The molecule has 0 saturated carbocycles. The molecule has 0 aromatic carbocycles. The van der Waals surface area contributed by atoms with Gasteiger partial charge in [0, 0.05) is 12.8 Å². The minimum absolute atomic E-state index is 0.0663. The summed E-state index contributed by atoms with van der Waals surface area (Å²) >= 11 is 0. The van der Waals surface area contributed by atoms with Crippen LogP contribution in [-0.4, -0.2) is 23.1 Å². The van der Waals surface area contributed by atoms with Gasteiger partial charge in [0.15, 0.2) is 0 Å². The van der Waals surface area contributed by atoms with E-state index in [2.05, 4.69) is 38.2 Å². The molecule has 258 valence electrons. The van der Waals surface area contributed by atoms with E-state index in [-0.39, 0.29) is 18.5 Å². The van der Waals surface area contributed by atoms with Crippen molar-refractivity contribution in [1.29, 1.82) is 0 Å². The van der Waals surface area contributed by atoms with Crippen LogP contribution in [0.1, 0.15) is 213 Å². The summed E-state index contributed by atoms with van der Waals surface area (Å²) in [6.45, 7) is 4.51. The molecular formula is C40H74O4. The van der Waals surface area contributed by atoms with Crippen molar-refractivity contribution in [2.24, 2.45) is 0 Å². The first-order chi connectivity index (χ1) is 21.6. The molecule has 0 bridgehead atoms. The Bertz CT molecular complexity index is 668. The highest BCUT2D eigenvalue weighted by Crippen LogP contribution is 2.16. The van der Waals surface area contributed by atoms with Crippen molar-refractivity contribution in [3.05, 3.63) is 24.3 Å². The molecule has 4 heteroatoms. The van der Waals surface area contributed by atoms with Crippen molar-refractivity contribution >= 4 is 11.9 Å². The highest BCUT2D eigenvalue weighted by molar-refractivity contribution is 5.69. The molecule has 0 aromatic heterocycles. The number of allylic oxidation sites excluding steroid dienone is 3. The zero-order valence-electron chi connectivity index (χ0n) is 29.5. The molecule has 0 rings (SSSR count). The van der Waals surface area contributed by atoms with Crippen molar-refractivity contribution < 1.29 is 19.4 Å². The van der Waals surface area contributed by atoms with Crippen LogP contribution in [0.25, 0.3) is 0 Å². The zero-order valence-corrected chi connectivity index (χ0v) is 29.5. The monoisotopic (exact) mass is 619 g/mol. The van der Waals surface area contributed by atoms with Gasteiger partial charge in [0.1, 0.15) is 6.10 Å². The number of rotatable bonds is 35. The maximum Gasteiger partial charge on any atom is 0.306 e. The third-order valence-corrected chi connectivity index (χ3v) is 8.63. The fourth-order valence-corrected chi connectivity index (χ4v) is 5.74. The van der Waals surface area contributed by atoms with Gasteiger partial charge in [0.05, 0.1) is 0 Å². The van der Waals surface area contributed by atoms with E-state index in [0.717, 1.165) is 51.4 Å². The van der Waals surface area contributed by atoms with Gasteiger partial charge in [-0.3, -0.25) is 9.59 Å². The molecule has 0 saturated heterocycles. The lowest BCUT2D eigenvalue weighted by Gasteiger charge is -2.15. The van der Waals surface area contributed by atoms with Gasteiger partial charge in [-0.05, 0) is 70.3 Å². The lowest BCUT2D eigenvalue weighted by molar-refractivity contribution is -0.147. The second-order valence-corrected chi connectivity index (χ2v) is 13.1. The van der Waals surface area contributed by atoms with E-state index >= 15 is 0 Å². The van der Waals surface area contributed by atoms with Crippen LogP contribution in [-0.2, 0) is 14.3 Å². The number of hydrogen-bond donors (Lipinski definition) is 1. The van der Waals surface area contributed by atoms with Crippen molar-refractivity contribution in [3.8, 4) is 0 Å². The maximum atomic E-state index is 12.5. The molecule has 0 aliphatic rings. The molecule has 1 N–H and O–H groups in total. The third kappa shape index (κ3) is 34.9. The molecule has 0 aliphatic heterocycles. The standard InChI is InChI=1S/C40H74O4/c1-3-5-7-9-11-12-13-14-15-16-17-18-19-20-21-22-23-24-25-27-33-37-40(43)44-38(34-30-26-10-8-6-4-2)35-31-28-29-32-36-39(41)42/h16-17,30,34,38H,3-15,18-29,31-33,35-37H2,1-2H3,(H,41,42)/b17-16-,34-30-. The Kier molecular flexibility index (Phi) is 34.6. The van der Waals surface area contributed by atoms with Gasteiger partial charge in [-0.15, -0.1) is 0 Å². The Labute approximate surface area is 274 Å². The van der Waals surface area contributed by atoms with E-state index in [1.807, 2.05) is 0 Å². The van der Waals surface area contributed by atoms with E-state index < -0.39 is 5.97 Å². The summed E-state index contributed by atoms with van der Waals surface area (Å²) in [7, 11) is 0.